The van der Waals surface area contributed by atoms with Crippen LogP contribution < -0.4 is 11.1 Å². The smallest absolute Gasteiger partial charge is 0.147 e. The maximum absolute atomic E-state index is 13.6. The molecule has 88 valence electrons. The Morgan fingerprint density at radius 2 is 2.00 bits per heavy atom. The predicted octanol–water partition coefficient (Wildman–Crippen LogP) is 4.57. The van der Waals surface area contributed by atoms with Crippen LogP contribution in [0.2, 0.25) is 5.02 Å². The number of nitrogen functional groups attached to an aromatic ring is 1. The minimum atomic E-state index is -0.353. The zero-order valence-corrected chi connectivity index (χ0v) is 11.0. The van der Waals surface area contributed by atoms with Crippen molar-refractivity contribution in [2.75, 3.05) is 11.1 Å². The first-order valence-corrected chi connectivity index (χ1v) is 6.01. The summed E-state index contributed by atoms with van der Waals surface area (Å²) in [5, 5.41) is 3.47. The average Bonchev–Trinajstić information content (AvgIpc) is 2.26. The van der Waals surface area contributed by atoms with Gasteiger partial charge in [0, 0.05) is 9.50 Å². The van der Waals surface area contributed by atoms with E-state index in [1.807, 2.05) is 0 Å². The van der Waals surface area contributed by atoms with Gasteiger partial charge in [0.05, 0.1) is 17.1 Å². The molecule has 17 heavy (non-hydrogen) atoms. The minimum absolute atomic E-state index is 0.349. The van der Waals surface area contributed by atoms with E-state index in [9.17, 15) is 4.39 Å². The molecule has 0 atom stereocenters. The largest absolute Gasteiger partial charge is 0.397 e. The molecule has 2 aromatic rings. The van der Waals surface area contributed by atoms with E-state index < -0.39 is 0 Å². The molecule has 0 aromatic heterocycles. The molecule has 0 fully saturated rings. The van der Waals surface area contributed by atoms with Gasteiger partial charge in [0.1, 0.15) is 5.82 Å². The molecule has 0 bridgehead atoms. The van der Waals surface area contributed by atoms with E-state index in [2.05, 4.69) is 21.2 Å². The summed E-state index contributed by atoms with van der Waals surface area (Å²) in [5.74, 6) is -0.353. The van der Waals surface area contributed by atoms with E-state index in [4.69, 9.17) is 17.3 Å². The third kappa shape index (κ3) is 2.70. The number of hydrogen-bond acceptors (Lipinski definition) is 2. The number of hydrogen-bond donors (Lipinski definition) is 2. The molecule has 2 rings (SSSR count). The topological polar surface area (TPSA) is 38.0 Å². The number of anilines is 3. The van der Waals surface area contributed by atoms with Gasteiger partial charge >= 0.3 is 0 Å². The molecule has 0 aliphatic heterocycles. The van der Waals surface area contributed by atoms with Crippen molar-refractivity contribution in [2.45, 2.75) is 0 Å². The van der Waals surface area contributed by atoms with Crippen molar-refractivity contribution in [3.05, 3.63) is 51.7 Å². The standard InChI is InChI=1S/C12H9BrClFN2/c13-8-2-1-3-9(15)12(8)17-11-5-4-7(14)6-10(11)16/h1-6,17H,16H2. The fourth-order valence-electron chi connectivity index (χ4n) is 1.40. The average molecular weight is 316 g/mol. The third-order valence-electron chi connectivity index (χ3n) is 2.24. The number of para-hydroxylation sites is 1. The quantitative estimate of drug-likeness (QED) is 0.797. The van der Waals surface area contributed by atoms with Gasteiger partial charge in [-0.1, -0.05) is 17.7 Å². The molecule has 0 amide bonds. The SMILES string of the molecule is Nc1cc(Cl)ccc1Nc1c(F)cccc1Br. The Morgan fingerprint density at radius 3 is 2.65 bits per heavy atom. The second kappa shape index (κ2) is 4.94. The van der Waals surface area contributed by atoms with Crippen LogP contribution in [0.1, 0.15) is 0 Å². The van der Waals surface area contributed by atoms with E-state index in [0.717, 1.165) is 0 Å². The van der Waals surface area contributed by atoms with Crippen molar-refractivity contribution < 1.29 is 4.39 Å². The zero-order chi connectivity index (χ0) is 12.4. The zero-order valence-electron chi connectivity index (χ0n) is 8.68. The summed E-state index contributed by atoms with van der Waals surface area (Å²) >= 11 is 9.07. The molecule has 5 heteroatoms. The van der Waals surface area contributed by atoms with E-state index >= 15 is 0 Å². The lowest BCUT2D eigenvalue weighted by Gasteiger charge is -2.11. The third-order valence-corrected chi connectivity index (χ3v) is 3.13. The van der Waals surface area contributed by atoms with Crippen LogP contribution in [0.5, 0.6) is 0 Å². The first-order chi connectivity index (χ1) is 8.08. The van der Waals surface area contributed by atoms with Crippen LogP contribution in [0.4, 0.5) is 21.5 Å². The molecule has 0 aliphatic carbocycles. The molecule has 0 aliphatic rings. The van der Waals surface area contributed by atoms with Gasteiger partial charge in [-0.3, -0.25) is 0 Å². The molecule has 0 heterocycles. The maximum atomic E-state index is 13.6. The highest BCUT2D eigenvalue weighted by Crippen LogP contribution is 2.31. The summed E-state index contributed by atoms with van der Waals surface area (Å²) in [5.41, 5.74) is 7.21. The second-order valence-corrected chi connectivity index (χ2v) is 4.74. The molecular weight excluding hydrogens is 307 g/mol. The van der Waals surface area contributed by atoms with Crippen molar-refractivity contribution in [1.29, 1.82) is 0 Å². The highest BCUT2D eigenvalue weighted by atomic mass is 79.9. The summed E-state index contributed by atoms with van der Waals surface area (Å²) < 4.78 is 14.2. The van der Waals surface area contributed by atoms with E-state index in [1.165, 1.54) is 6.07 Å². The lowest BCUT2D eigenvalue weighted by Crippen LogP contribution is -1.98. The molecule has 3 N–H and O–H groups in total. The highest BCUT2D eigenvalue weighted by molar-refractivity contribution is 9.10. The lowest BCUT2D eigenvalue weighted by atomic mass is 10.2. The number of rotatable bonds is 2. The Balaban J connectivity index is 2.38. The van der Waals surface area contributed by atoms with Crippen molar-refractivity contribution >= 4 is 44.6 Å². The van der Waals surface area contributed by atoms with Gasteiger partial charge in [0.25, 0.3) is 0 Å². The highest BCUT2D eigenvalue weighted by Gasteiger charge is 2.08. The maximum Gasteiger partial charge on any atom is 0.147 e. The molecule has 0 unspecified atom stereocenters. The van der Waals surface area contributed by atoms with Crippen molar-refractivity contribution in [2.24, 2.45) is 0 Å². The molecule has 2 nitrogen and oxygen atoms in total. The van der Waals surface area contributed by atoms with Crippen LogP contribution in [0.25, 0.3) is 0 Å². The van der Waals surface area contributed by atoms with Crippen LogP contribution >= 0.6 is 27.5 Å². The number of nitrogens with one attached hydrogen (secondary N) is 1. The van der Waals surface area contributed by atoms with Gasteiger partial charge in [-0.25, -0.2) is 4.39 Å². The van der Waals surface area contributed by atoms with Gasteiger partial charge in [-0.15, -0.1) is 0 Å². The first kappa shape index (κ1) is 12.2. The summed E-state index contributed by atoms with van der Waals surface area (Å²) in [6, 6.07) is 9.75. The van der Waals surface area contributed by atoms with E-state index in [-0.39, 0.29) is 5.82 Å². The van der Waals surface area contributed by atoms with Gasteiger partial charge in [-0.05, 0) is 46.3 Å². The van der Waals surface area contributed by atoms with Gasteiger partial charge in [0.2, 0.25) is 0 Å². The summed E-state index contributed by atoms with van der Waals surface area (Å²) in [6.07, 6.45) is 0. The van der Waals surface area contributed by atoms with Crippen LogP contribution in [0, 0.1) is 5.82 Å². The van der Waals surface area contributed by atoms with Crippen LogP contribution in [0.15, 0.2) is 40.9 Å². The Kier molecular flexibility index (Phi) is 3.54. The Bertz CT molecular complexity index is 540. The van der Waals surface area contributed by atoms with E-state index in [1.54, 1.807) is 30.3 Å². The van der Waals surface area contributed by atoms with Gasteiger partial charge in [0.15, 0.2) is 0 Å². The molecule has 0 saturated carbocycles. The van der Waals surface area contributed by atoms with Crippen LogP contribution in [-0.4, -0.2) is 0 Å². The summed E-state index contributed by atoms with van der Waals surface area (Å²) in [7, 11) is 0. The number of benzene rings is 2. The normalized spacial score (nSPS) is 10.3. The molecular formula is C12H9BrClFN2. The predicted molar refractivity (Wildman–Crippen MR) is 73.2 cm³/mol. The fraction of sp³-hybridized carbons (Fsp3) is 0. The Hall–Kier alpha value is -1.26. The second-order valence-electron chi connectivity index (χ2n) is 3.45. The van der Waals surface area contributed by atoms with Gasteiger partial charge < -0.3 is 11.1 Å². The van der Waals surface area contributed by atoms with Crippen molar-refractivity contribution in [1.82, 2.24) is 0 Å². The molecule has 0 spiro atoms. The van der Waals surface area contributed by atoms with Gasteiger partial charge in [-0.2, -0.15) is 0 Å². The van der Waals surface area contributed by atoms with Crippen LogP contribution in [-0.2, 0) is 0 Å². The monoisotopic (exact) mass is 314 g/mol. The molecule has 0 radical (unpaired) electrons. The number of halogens is 3. The Labute approximate surface area is 112 Å². The first-order valence-electron chi connectivity index (χ1n) is 4.84. The minimum Gasteiger partial charge on any atom is -0.397 e. The molecule has 2 aromatic carbocycles. The lowest BCUT2D eigenvalue weighted by molar-refractivity contribution is 0.631. The van der Waals surface area contributed by atoms with E-state index in [0.29, 0.717) is 26.6 Å². The Morgan fingerprint density at radius 1 is 1.24 bits per heavy atom. The fourth-order valence-corrected chi connectivity index (χ4v) is 2.02. The van der Waals surface area contributed by atoms with Crippen molar-refractivity contribution in [3.63, 3.8) is 0 Å². The van der Waals surface area contributed by atoms with Crippen molar-refractivity contribution in [3.8, 4) is 0 Å². The summed E-state index contributed by atoms with van der Waals surface area (Å²) in [6.45, 7) is 0. The van der Waals surface area contributed by atoms with Crippen LogP contribution in [0.3, 0.4) is 0 Å². The summed E-state index contributed by atoms with van der Waals surface area (Å²) in [4.78, 5) is 0. The number of nitrogens with two attached hydrogens (primary N) is 1. The molecule has 0 saturated heterocycles.